The smallest absolute Gasteiger partial charge is 0.338 e. The van der Waals surface area contributed by atoms with Gasteiger partial charge in [0.1, 0.15) is 15.5 Å². The number of thiophene rings is 1. The molecule has 7 rings (SSSR count). The molecular formula is C38H29N3O5S. The molecule has 0 bridgehead atoms. The number of hydrogen-bond acceptors (Lipinski definition) is 8. The summed E-state index contributed by atoms with van der Waals surface area (Å²) >= 11 is 1.18. The van der Waals surface area contributed by atoms with Crippen LogP contribution in [0, 0.1) is 6.92 Å². The number of fused-ring (bicyclic) bond motifs is 4. The lowest BCUT2D eigenvalue weighted by Gasteiger charge is -2.12. The van der Waals surface area contributed by atoms with Gasteiger partial charge in [0.15, 0.2) is 12.4 Å². The summed E-state index contributed by atoms with van der Waals surface area (Å²) in [5.41, 5.74) is 15.1. The number of benzene rings is 4. The minimum Gasteiger partial charge on any atom is -0.495 e. The van der Waals surface area contributed by atoms with Crippen molar-refractivity contribution in [1.29, 1.82) is 0 Å². The van der Waals surface area contributed by atoms with Crippen molar-refractivity contribution in [1.82, 2.24) is 4.98 Å². The third kappa shape index (κ3) is 5.73. The van der Waals surface area contributed by atoms with Crippen LogP contribution in [0.1, 0.15) is 47.1 Å². The predicted molar refractivity (Wildman–Crippen MR) is 184 cm³/mol. The van der Waals surface area contributed by atoms with Crippen LogP contribution in [0.2, 0.25) is 0 Å². The number of Topliss-reactive ketones (excluding diaryl/α,β-unsaturated/α-hetero) is 1. The molecule has 1 amide bonds. The van der Waals surface area contributed by atoms with Gasteiger partial charge in [0.2, 0.25) is 0 Å². The molecule has 3 N–H and O–H groups in total. The van der Waals surface area contributed by atoms with E-state index in [1.807, 2.05) is 67.6 Å². The van der Waals surface area contributed by atoms with E-state index in [1.165, 1.54) is 41.7 Å². The summed E-state index contributed by atoms with van der Waals surface area (Å²) in [6, 6.07) is 30.0. The highest BCUT2D eigenvalue weighted by molar-refractivity contribution is 7.21. The Labute approximate surface area is 274 Å². The number of aromatic nitrogens is 1. The van der Waals surface area contributed by atoms with Gasteiger partial charge >= 0.3 is 5.97 Å². The number of hydrogen-bond donors (Lipinski definition) is 2. The maximum absolute atomic E-state index is 13.4. The van der Waals surface area contributed by atoms with Crippen LogP contribution in [0.5, 0.6) is 5.75 Å². The minimum atomic E-state index is -0.709. The van der Waals surface area contributed by atoms with Crippen LogP contribution < -0.4 is 15.8 Å². The summed E-state index contributed by atoms with van der Waals surface area (Å²) in [4.78, 5) is 45.1. The number of anilines is 2. The number of carbonyl (C=O) groups is 3. The first-order valence-electron chi connectivity index (χ1n) is 15.0. The fourth-order valence-corrected chi connectivity index (χ4v) is 6.77. The molecule has 232 valence electrons. The summed E-state index contributed by atoms with van der Waals surface area (Å²) in [5.74, 6) is -1.15. The Kier molecular flexibility index (Phi) is 7.75. The Morgan fingerprint density at radius 2 is 1.64 bits per heavy atom. The molecule has 0 radical (unpaired) electrons. The summed E-state index contributed by atoms with van der Waals surface area (Å²) in [7, 11) is 1.46. The van der Waals surface area contributed by atoms with E-state index < -0.39 is 18.5 Å². The lowest BCUT2D eigenvalue weighted by molar-refractivity contribution is 0.0474. The number of aryl methyl sites for hydroxylation is 1. The molecule has 4 aromatic carbocycles. The summed E-state index contributed by atoms with van der Waals surface area (Å²) in [6.07, 6.45) is 0.755. The topological polar surface area (TPSA) is 121 Å². The van der Waals surface area contributed by atoms with E-state index in [4.69, 9.17) is 20.2 Å². The second kappa shape index (κ2) is 12.2. The van der Waals surface area contributed by atoms with E-state index in [2.05, 4.69) is 17.4 Å². The highest BCUT2D eigenvalue weighted by atomic mass is 32.1. The first-order chi connectivity index (χ1) is 22.8. The third-order valence-corrected chi connectivity index (χ3v) is 9.39. The summed E-state index contributed by atoms with van der Waals surface area (Å²) in [5, 5.41) is 3.49. The molecule has 2 aromatic heterocycles. The number of nitrogens with one attached hydrogen (secondary N) is 1. The van der Waals surface area contributed by atoms with Gasteiger partial charge in [0.25, 0.3) is 5.91 Å². The van der Waals surface area contributed by atoms with Crippen molar-refractivity contribution < 1.29 is 23.9 Å². The molecule has 47 heavy (non-hydrogen) atoms. The maximum Gasteiger partial charge on any atom is 0.338 e. The van der Waals surface area contributed by atoms with Gasteiger partial charge in [-0.25, -0.2) is 9.78 Å². The number of rotatable bonds is 8. The van der Waals surface area contributed by atoms with Crippen molar-refractivity contribution in [2.75, 3.05) is 24.8 Å². The van der Waals surface area contributed by atoms with Crippen molar-refractivity contribution in [3.05, 3.63) is 130 Å². The molecule has 9 heteroatoms. The fraction of sp³-hybridized carbons (Fsp3) is 0.105. The molecule has 1 aliphatic rings. The number of nitrogens with zero attached hydrogens (tertiary/aromatic N) is 1. The zero-order valence-corrected chi connectivity index (χ0v) is 26.4. The Balaban J connectivity index is 1.05. The number of carbonyl (C=O) groups excluding carboxylic acids is 3. The molecule has 1 aliphatic carbocycles. The molecule has 8 nitrogen and oxygen atoms in total. The Hall–Kier alpha value is -5.80. The first-order valence-corrected chi connectivity index (χ1v) is 15.8. The van der Waals surface area contributed by atoms with E-state index in [-0.39, 0.29) is 21.9 Å². The molecule has 0 fully saturated rings. The number of nitrogens with two attached hydrogens (primary N) is 1. The number of ether oxygens (including phenoxy) is 2. The average Bonchev–Trinajstić information content (AvgIpc) is 3.63. The van der Waals surface area contributed by atoms with Gasteiger partial charge in [-0.3, -0.25) is 9.59 Å². The van der Waals surface area contributed by atoms with E-state index >= 15 is 0 Å². The van der Waals surface area contributed by atoms with Crippen LogP contribution in [-0.4, -0.2) is 36.4 Å². The van der Waals surface area contributed by atoms with Gasteiger partial charge in [-0.15, -0.1) is 11.3 Å². The number of nitrogen functional groups attached to an aromatic ring is 1. The van der Waals surface area contributed by atoms with Gasteiger partial charge in [-0.2, -0.15) is 0 Å². The Morgan fingerprint density at radius 1 is 0.872 bits per heavy atom. The standard InChI is InChI=1S/C38H29N3O5S/c1-21-7-9-22(10-8-21)30-15-14-29-34(39)35(47-37(29)41-30)36(43)40-31-19-25(12-16-33(31)45-2)38(44)46-20-32(42)24-11-13-28-26(18-24)17-23-5-3-4-6-27(23)28/h3-16,18-19H,17,20,39H2,1-2H3,(H,40,43). The van der Waals surface area contributed by atoms with E-state index in [0.717, 1.165) is 34.4 Å². The SMILES string of the molecule is COc1ccc(C(=O)OCC(=O)c2ccc3c(c2)Cc2ccccc2-3)cc1NC(=O)c1sc2nc(-c3ccc(C)cc3)ccc2c1N. The number of amides is 1. The van der Waals surface area contributed by atoms with Crippen molar-refractivity contribution in [2.24, 2.45) is 0 Å². The van der Waals surface area contributed by atoms with Crippen LogP contribution >= 0.6 is 11.3 Å². The average molecular weight is 640 g/mol. The van der Waals surface area contributed by atoms with E-state index in [0.29, 0.717) is 27.2 Å². The van der Waals surface area contributed by atoms with Crippen LogP contribution in [-0.2, 0) is 11.2 Å². The summed E-state index contributed by atoms with van der Waals surface area (Å²) in [6.45, 7) is 1.60. The second-order valence-electron chi connectivity index (χ2n) is 11.3. The van der Waals surface area contributed by atoms with Crippen molar-refractivity contribution in [3.8, 4) is 28.1 Å². The molecule has 0 spiro atoms. The molecule has 0 unspecified atom stereocenters. The molecule has 0 saturated carbocycles. The molecule has 2 heterocycles. The molecular weight excluding hydrogens is 611 g/mol. The number of methoxy groups -OCH3 is 1. The largest absolute Gasteiger partial charge is 0.495 e. The van der Waals surface area contributed by atoms with Gasteiger partial charge in [-0.1, -0.05) is 66.2 Å². The number of esters is 1. The highest BCUT2D eigenvalue weighted by Crippen LogP contribution is 2.38. The zero-order valence-electron chi connectivity index (χ0n) is 25.6. The van der Waals surface area contributed by atoms with Crippen molar-refractivity contribution in [2.45, 2.75) is 13.3 Å². The van der Waals surface area contributed by atoms with Gasteiger partial charge in [-0.05, 0) is 72.0 Å². The van der Waals surface area contributed by atoms with Gasteiger partial charge < -0.3 is 20.5 Å². The molecule has 0 aliphatic heterocycles. The second-order valence-corrected chi connectivity index (χ2v) is 12.3. The lowest BCUT2D eigenvalue weighted by atomic mass is 10.0. The predicted octanol–water partition coefficient (Wildman–Crippen LogP) is 7.73. The van der Waals surface area contributed by atoms with E-state index in [1.54, 1.807) is 12.1 Å². The Morgan fingerprint density at radius 3 is 2.45 bits per heavy atom. The third-order valence-electron chi connectivity index (χ3n) is 8.28. The van der Waals surface area contributed by atoms with Crippen molar-refractivity contribution in [3.63, 3.8) is 0 Å². The zero-order chi connectivity index (χ0) is 32.7. The van der Waals surface area contributed by atoms with Gasteiger partial charge in [0, 0.05) is 16.5 Å². The normalized spacial score (nSPS) is 11.5. The van der Waals surface area contributed by atoms with Crippen LogP contribution in [0.25, 0.3) is 32.6 Å². The highest BCUT2D eigenvalue weighted by Gasteiger charge is 2.22. The lowest BCUT2D eigenvalue weighted by Crippen LogP contribution is -2.16. The van der Waals surface area contributed by atoms with Crippen LogP contribution in [0.15, 0.2) is 97.1 Å². The minimum absolute atomic E-state index is 0.145. The van der Waals surface area contributed by atoms with Crippen molar-refractivity contribution >= 4 is 50.6 Å². The number of pyridine rings is 1. The first kappa shape index (κ1) is 29.9. The number of ketones is 1. The Bertz CT molecular complexity index is 2220. The molecule has 0 atom stereocenters. The quantitative estimate of drug-likeness (QED) is 0.129. The molecule has 0 saturated heterocycles. The maximum atomic E-state index is 13.4. The molecule has 6 aromatic rings. The van der Waals surface area contributed by atoms with Crippen LogP contribution in [0.4, 0.5) is 11.4 Å². The van der Waals surface area contributed by atoms with Gasteiger partial charge in [0.05, 0.1) is 29.7 Å². The van der Waals surface area contributed by atoms with Crippen LogP contribution in [0.3, 0.4) is 0 Å². The summed E-state index contributed by atoms with van der Waals surface area (Å²) < 4.78 is 10.8. The monoisotopic (exact) mass is 639 g/mol. The van der Waals surface area contributed by atoms with E-state index in [9.17, 15) is 14.4 Å². The fourth-order valence-electron chi connectivity index (χ4n) is 5.78.